The first-order valence-corrected chi connectivity index (χ1v) is 6.46. The first-order valence-electron chi connectivity index (χ1n) is 5.82. The Morgan fingerprint density at radius 2 is 1.89 bits per heavy atom. The number of hydrogen-bond acceptors (Lipinski definition) is 4. The average molecular weight is 269 g/mol. The average Bonchev–Trinajstić information content (AvgIpc) is 2.28. The zero-order chi connectivity index (χ0) is 13.8. The second-order valence-electron chi connectivity index (χ2n) is 5.31. The van der Waals surface area contributed by atoms with Gasteiger partial charge in [0, 0.05) is 18.1 Å². The molecular weight excluding hydrogens is 250 g/mol. The maximum atomic E-state index is 10.5. The molecule has 0 saturated carbocycles. The van der Waals surface area contributed by atoms with Gasteiger partial charge < -0.3 is 4.74 Å². The van der Waals surface area contributed by atoms with Crippen molar-refractivity contribution in [1.82, 2.24) is 0 Å². The molecule has 0 spiro atoms. The summed E-state index contributed by atoms with van der Waals surface area (Å²) in [7, 11) is 0. The predicted molar refractivity (Wildman–Crippen MR) is 75.4 cm³/mol. The maximum Gasteiger partial charge on any atom is 0.269 e. The largest absolute Gasteiger partial charge is 0.493 e. The molecule has 1 rings (SSSR count). The van der Waals surface area contributed by atoms with Gasteiger partial charge in [-0.15, -0.1) is 0 Å². The van der Waals surface area contributed by atoms with E-state index in [0.29, 0.717) is 18.3 Å². The Balaban J connectivity index is 2.60. The molecule has 0 heterocycles. The smallest absolute Gasteiger partial charge is 0.269 e. The number of nitro benzene ring substituents is 1. The van der Waals surface area contributed by atoms with Crippen molar-refractivity contribution in [3.63, 3.8) is 0 Å². The van der Waals surface area contributed by atoms with E-state index in [0.717, 1.165) is 5.75 Å². The van der Waals surface area contributed by atoms with Gasteiger partial charge in [0.15, 0.2) is 0 Å². The molecule has 0 saturated heterocycles. The van der Waals surface area contributed by atoms with Gasteiger partial charge in [0.25, 0.3) is 5.69 Å². The number of thiol groups is 1. The molecule has 18 heavy (non-hydrogen) atoms. The third-order valence-electron chi connectivity index (χ3n) is 2.94. The standard InChI is InChI=1S/C13H19NO3S/c1-13(2,3)10(9-18)8-17-12-6-4-11(5-7-12)14(15)16/h4-7,10,18H,8-9H2,1-3H3. The van der Waals surface area contributed by atoms with Gasteiger partial charge in [-0.25, -0.2) is 0 Å². The zero-order valence-corrected chi connectivity index (χ0v) is 11.8. The van der Waals surface area contributed by atoms with Crippen molar-refractivity contribution in [2.24, 2.45) is 11.3 Å². The molecule has 1 unspecified atom stereocenters. The van der Waals surface area contributed by atoms with E-state index in [4.69, 9.17) is 4.74 Å². The summed E-state index contributed by atoms with van der Waals surface area (Å²) in [4.78, 5) is 10.1. The number of benzene rings is 1. The lowest BCUT2D eigenvalue weighted by Crippen LogP contribution is -2.28. The van der Waals surface area contributed by atoms with E-state index >= 15 is 0 Å². The molecule has 0 bridgehead atoms. The lowest BCUT2D eigenvalue weighted by molar-refractivity contribution is -0.384. The monoisotopic (exact) mass is 269 g/mol. The molecule has 1 aromatic carbocycles. The Bertz CT molecular complexity index is 398. The maximum absolute atomic E-state index is 10.5. The molecule has 0 aliphatic carbocycles. The van der Waals surface area contributed by atoms with Crippen LogP contribution in [0.5, 0.6) is 5.75 Å². The van der Waals surface area contributed by atoms with Gasteiger partial charge in [0.1, 0.15) is 5.75 Å². The Kier molecular flexibility index (Phi) is 5.02. The highest BCUT2D eigenvalue weighted by atomic mass is 32.1. The van der Waals surface area contributed by atoms with Crippen LogP contribution < -0.4 is 4.74 Å². The van der Waals surface area contributed by atoms with Crippen molar-refractivity contribution in [3.05, 3.63) is 34.4 Å². The summed E-state index contributed by atoms with van der Waals surface area (Å²) in [5, 5.41) is 10.5. The molecule has 1 atom stereocenters. The van der Waals surface area contributed by atoms with Crippen molar-refractivity contribution in [1.29, 1.82) is 0 Å². The summed E-state index contributed by atoms with van der Waals surface area (Å²) in [6, 6.07) is 6.14. The quantitative estimate of drug-likeness (QED) is 0.505. The van der Waals surface area contributed by atoms with Crippen LogP contribution in [-0.4, -0.2) is 17.3 Å². The van der Waals surface area contributed by atoms with Crippen molar-refractivity contribution < 1.29 is 9.66 Å². The number of nitro groups is 1. The van der Waals surface area contributed by atoms with Gasteiger partial charge in [-0.1, -0.05) is 20.8 Å². The molecule has 0 amide bonds. The Hall–Kier alpha value is -1.23. The zero-order valence-electron chi connectivity index (χ0n) is 10.9. The fraction of sp³-hybridized carbons (Fsp3) is 0.538. The molecule has 0 aromatic heterocycles. The highest BCUT2D eigenvalue weighted by Crippen LogP contribution is 2.28. The first-order chi connectivity index (χ1) is 8.34. The summed E-state index contributed by atoms with van der Waals surface area (Å²) in [6.45, 7) is 7.00. The number of nitrogens with zero attached hydrogens (tertiary/aromatic N) is 1. The number of ether oxygens (including phenoxy) is 1. The number of non-ortho nitro benzene ring substituents is 1. The van der Waals surface area contributed by atoms with Crippen LogP contribution in [0.25, 0.3) is 0 Å². The van der Waals surface area contributed by atoms with Crippen LogP contribution in [-0.2, 0) is 0 Å². The molecule has 0 fully saturated rings. The minimum atomic E-state index is -0.421. The molecule has 0 aliphatic rings. The van der Waals surface area contributed by atoms with Gasteiger partial charge >= 0.3 is 0 Å². The fourth-order valence-corrected chi connectivity index (χ4v) is 2.09. The summed E-state index contributed by atoms with van der Waals surface area (Å²) in [6.07, 6.45) is 0. The van der Waals surface area contributed by atoms with E-state index in [2.05, 4.69) is 33.4 Å². The van der Waals surface area contributed by atoms with Gasteiger partial charge in [-0.05, 0) is 23.3 Å². The van der Waals surface area contributed by atoms with E-state index in [1.54, 1.807) is 12.1 Å². The van der Waals surface area contributed by atoms with Gasteiger partial charge in [-0.3, -0.25) is 10.1 Å². The fourth-order valence-electron chi connectivity index (χ4n) is 1.44. The molecule has 4 nitrogen and oxygen atoms in total. The van der Waals surface area contributed by atoms with Crippen LogP contribution in [0.3, 0.4) is 0 Å². The topological polar surface area (TPSA) is 52.4 Å². The van der Waals surface area contributed by atoms with Crippen molar-refractivity contribution in [2.75, 3.05) is 12.4 Å². The molecule has 1 aromatic rings. The molecule has 0 aliphatic heterocycles. The van der Waals surface area contributed by atoms with Crippen LogP contribution in [0.1, 0.15) is 20.8 Å². The van der Waals surface area contributed by atoms with Crippen LogP contribution in [0, 0.1) is 21.4 Å². The highest BCUT2D eigenvalue weighted by molar-refractivity contribution is 7.80. The van der Waals surface area contributed by atoms with Crippen molar-refractivity contribution in [3.8, 4) is 5.75 Å². The normalized spacial score (nSPS) is 13.1. The Morgan fingerprint density at radius 3 is 2.28 bits per heavy atom. The van der Waals surface area contributed by atoms with E-state index in [-0.39, 0.29) is 11.1 Å². The molecule has 5 heteroatoms. The van der Waals surface area contributed by atoms with Crippen molar-refractivity contribution >= 4 is 18.3 Å². The second-order valence-corrected chi connectivity index (χ2v) is 5.67. The minimum absolute atomic E-state index is 0.0731. The molecular formula is C13H19NO3S. The summed E-state index contributed by atoms with van der Waals surface area (Å²) in [5.74, 6) is 1.73. The van der Waals surface area contributed by atoms with Gasteiger partial charge in [-0.2, -0.15) is 12.6 Å². The van der Waals surface area contributed by atoms with Crippen LogP contribution >= 0.6 is 12.6 Å². The third kappa shape index (κ3) is 4.22. The Labute approximate surface area is 113 Å². The molecule has 0 N–H and O–H groups in total. The molecule has 0 radical (unpaired) electrons. The molecule has 100 valence electrons. The first kappa shape index (κ1) is 14.8. The van der Waals surface area contributed by atoms with Crippen LogP contribution in [0.15, 0.2) is 24.3 Å². The minimum Gasteiger partial charge on any atom is -0.493 e. The predicted octanol–water partition coefficient (Wildman–Crippen LogP) is 3.57. The number of hydrogen-bond donors (Lipinski definition) is 1. The van der Waals surface area contributed by atoms with Crippen molar-refractivity contribution in [2.45, 2.75) is 20.8 Å². The highest BCUT2D eigenvalue weighted by Gasteiger charge is 2.23. The Morgan fingerprint density at radius 1 is 1.33 bits per heavy atom. The van der Waals surface area contributed by atoms with E-state index < -0.39 is 4.92 Å². The van der Waals surface area contributed by atoms with Crippen LogP contribution in [0.4, 0.5) is 5.69 Å². The third-order valence-corrected chi connectivity index (χ3v) is 3.38. The summed E-state index contributed by atoms with van der Waals surface area (Å²) >= 11 is 4.33. The number of rotatable bonds is 5. The lowest BCUT2D eigenvalue weighted by Gasteiger charge is -2.29. The summed E-state index contributed by atoms with van der Waals surface area (Å²) in [5.41, 5.74) is 0.201. The second kappa shape index (κ2) is 6.09. The summed E-state index contributed by atoms with van der Waals surface area (Å²) < 4.78 is 5.65. The van der Waals surface area contributed by atoms with Crippen LogP contribution in [0.2, 0.25) is 0 Å². The van der Waals surface area contributed by atoms with E-state index in [1.165, 1.54) is 12.1 Å². The van der Waals surface area contributed by atoms with E-state index in [9.17, 15) is 10.1 Å². The SMILES string of the molecule is CC(C)(C)C(CS)COc1ccc([N+](=O)[O-])cc1. The lowest BCUT2D eigenvalue weighted by atomic mass is 9.82. The van der Waals surface area contributed by atoms with Gasteiger partial charge in [0.05, 0.1) is 11.5 Å². The van der Waals surface area contributed by atoms with E-state index in [1.807, 2.05) is 0 Å². The van der Waals surface area contributed by atoms with Gasteiger partial charge in [0.2, 0.25) is 0 Å².